The molecule has 1 unspecified atom stereocenters. The second-order valence-corrected chi connectivity index (χ2v) is 6.26. The maximum Gasteiger partial charge on any atom is 0.305 e. The van der Waals surface area contributed by atoms with Gasteiger partial charge in [-0.2, -0.15) is 0 Å². The molecule has 2 aromatic rings. The zero-order chi connectivity index (χ0) is 18.2. The van der Waals surface area contributed by atoms with Crippen molar-refractivity contribution in [3.63, 3.8) is 0 Å². The SMILES string of the molecule is CC(C)COc1ccc(C(=O)NC(CC(=O)O)c2ccccc2)cc1. The standard InChI is InChI=1S/C20H23NO4/c1-14(2)13-25-17-10-8-16(9-11-17)20(24)21-18(12-19(22)23)15-6-4-3-5-7-15/h3-11,14,18H,12-13H2,1-2H3,(H,21,24)(H,22,23). The zero-order valence-electron chi connectivity index (χ0n) is 14.4. The van der Waals surface area contributed by atoms with E-state index < -0.39 is 12.0 Å². The number of carboxylic acids is 1. The van der Waals surface area contributed by atoms with Gasteiger partial charge in [0, 0.05) is 5.56 Å². The number of carbonyl (C=O) groups is 2. The van der Waals surface area contributed by atoms with Crippen LogP contribution in [0.1, 0.15) is 42.2 Å². The molecule has 132 valence electrons. The topological polar surface area (TPSA) is 75.6 Å². The third-order valence-corrected chi connectivity index (χ3v) is 3.59. The summed E-state index contributed by atoms with van der Waals surface area (Å²) in [5.74, 6) is -0.155. The van der Waals surface area contributed by atoms with E-state index in [0.29, 0.717) is 23.8 Å². The van der Waals surface area contributed by atoms with E-state index in [-0.39, 0.29) is 12.3 Å². The van der Waals surface area contributed by atoms with Gasteiger partial charge in [-0.25, -0.2) is 0 Å². The number of amides is 1. The fourth-order valence-electron chi connectivity index (χ4n) is 2.32. The number of hydrogen-bond acceptors (Lipinski definition) is 3. The molecule has 0 fully saturated rings. The van der Waals surface area contributed by atoms with Gasteiger partial charge in [-0.1, -0.05) is 44.2 Å². The van der Waals surface area contributed by atoms with Gasteiger partial charge >= 0.3 is 5.97 Å². The van der Waals surface area contributed by atoms with Gasteiger partial charge in [0.25, 0.3) is 5.91 Å². The van der Waals surface area contributed by atoms with Crippen LogP contribution in [0, 0.1) is 5.92 Å². The molecule has 25 heavy (non-hydrogen) atoms. The summed E-state index contributed by atoms with van der Waals surface area (Å²) in [6.45, 7) is 4.74. The summed E-state index contributed by atoms with van der Waals surface area (Å²) < 4.78 is 5.60. The van der Waals surface area contributed by atoms with E-state index >= 15 is 0 Å². The Morgan fingerprint density at radius 1 is 1.04 bits per heavy atom. The molecule has 1 amide bonds. The lowest BCUT2D eigenvalue weighted by molar-refractivity contribution is -0.137. The number of carboxylic acid groups (broad SMARTS) is 1. The van der Waals surface area contributed by atoms with Gasteiger partial charge in [-0.05, 0) is 35.7 Å². The summed E-state index contributed by atoms with van der Waals surface area (Å²) in [6, 6.07) is 15.3. The monoisotopic (exact) mass is 341 g/mol. The predicted molar refractivity (Wildman–Crippen MR) is 95.7 cm³/mol. The number of hydrogen-bond donors (Lipinski definition) is 2. The molecule has 0 saturated heterocycles. The van der Waals surface area contributed by atoms with Crippen molar-refractivity contribution < 1.29 is 19.4 Å². The van der Waals surface area contributed by atoms with Crippen LogP contribution in [0.3, 0.4) is 0 Å². The molecule has 5 nitrogen and oxygen atoms in total. The van der Waals surface area contributed by atoms with Crippen molar-refractivity contribution in [2.45, 2.75) is 26.3 Å². The van der Waals surface area contributed by atoms with E-state index in [9.17, 15) is 9.59 Å². The third-order valence-electron chi connectivity index (χ3n) is 3.59. The van der Waals surface area contributed by atoms with Crippen molar-refractivity contribution in [2.75, 3.05) is 6.61 Å². The lowest BCUT2D eigenvalue weighted by Gasteiger charge is -2.17. The second-order valence-electron chi connectivity index (χ2n) is 6.26. The average Bonchev–Trinajstić information content (AvgIpc) is 2.60. The van der Waals surface area contributed by atoms with E-state index in [1.54, 1.807) is 36.4 Å². The Labute approximate surface area is 147 Å². The maximum absolute atomic E-state index is 12.4. The molecule has 0 aliphatic rings. The molecule has 0 bridgehead atoms. The second kappa shape index (κ2) is 8.87. The molecule has 2 N–H and O–H groups in total. The van der Waals surface area contributed by atoms with Crippen molar-refractivity contribution in [3.05, 3.63) is 65.7 Å². The van der Waals surface area contributed by atoms with Crippen molar-refractivity contribution in [3.8, 4) is 5.75 Å². The van der Waals surface area contributed by atoms with Crippen molar-refractivity contribution in [2.24, 2.45) is 5.92 Å². The molecule has 0 spiro atoms. The highest BCUT2D eigenvalue weighted by Gasteiger charge is 2.18. The largest absolute Gasteiger partial charge is 0.493 e. The highest BCUT2D eigenvalue weighted by Crippen LogP contribution is 2.18. The minimum atomic E-state index is -0.966. The van der Waals surface area contributed by atoms with Gasteiger partial charge in [0.15, 0.2) is 0 Å². The number of nitrogens with one attached hydrogen (secondary N) is 1. The van der Waals surface area contributed by atoms with Gasteiger partial charge in [0.05, 0.1) is 19.1 Å². The van der Waals surface area contributed by atoms with Gasteiger partial charge in [0.2, 0.25) is 0 Å². The van der Waals surface area contributed by atoms with Crippen LogP contribution >= 0.6 is 0 Å². The summed E-state index contributed by atoms with van der Waals surface area (Å²) in [5, 5.41) is 11.9. The molecular weight excluding hydrogens is 318 g/mol. The summed E-state index contributed by atoms with van der Waals surface area (Å²) >= 11 is 0. The maximum atomic E-state index is 12.4. The van der Waals surface area contributed by atoms with Gasteiger partial charge in [-0.15, -0.1) is 0 Å². The molecule has 0 aliphatic heterocycles. The lowest BCUT2D eigenvalue weighted by Crippen LogP contribution is -2.30. The summed E-state index contributed by atoms with van der Waals surface area (Å²) in [4.78, 5) is 23.5. The van der Waals surface area contributed by atoms with E-state index in [0.717, 1.165) is 5.56 Å². The van der Waals surface area contributed by atoms with Crippen molar-refractivity contribution >= 4 is 11.9 Å². The Bertz CT molecular complexity index is 695. The molecule has 5 heteroatoms. The smallest absolute Gasteiger partial charge is 0.305 e. The van der Waals surface area contributed by atoms with E-state index in [1.165, 1.54) is 0 Å². The van der Waals surface area contributed by atoms with E-state index in [2.05, 4.69) is 19.2 Å². The highest BCUT2D eigenvalue weighted by atomic mass is 16.5. The Kier molecular flexibility index (Phi) is 6.57. The number of benzene rings is 2. The minimum absolute atomic E-state index is 0.175. The lowest BCUT2D eigenvalue weighted by atomic mass is 10.0. The Morgan fingerprint density at radius 2 is 1.68 bits per heavy atom. The van der Waals surface area contributed by atoms with Gasteiger partial charge in [0.1, 0.15) is 5.75 Å². The number of ether oxygens (including phenoxy) is 1. The van der Waals surface area contributed by atoms with Crippen LogP contribution in [0.5, 0.6) is 5.75 Å². The molecule has 0 aliphatic carbocycles. The molecule has 1 atom stereocenters. The van der Waals surface area contributed by atoms with Crippen LogP contribution in [0.25, 0.3) is 0 Å². The Hall–Kier alpha value is -2.82. The molecule has 2 rings (SSSR count). The first-order chi connectivity index (χ1) is 12.0. The summed E-state index contributed by atoms with van der Waals surface area (Å²) in [7, 11) is 0. The van der Waals surface area contributed by atoms with Crippen molar-refractivity contribution in [1.29, 1.82) is 0 Å². The molecule has 0 saturated carbocycles. The predicted octanol–water partition coefficient (Wildman–Crippen LogP) is 3.67. The van der Waals surface area contributed by atoms with Crippen LogP contribution in [-0.4, -0.2) is 23.6 Å². The van der Waals surface area contributed by atoms with Crippen LogP contribution < -0.4 is 10.1 Å². The van der Waals surface area contributed by atoms with E-state index in [1.807, 2.05) is 18.2 Å². The molecule has 2 aromatic carbocycles. The average molecular weight is 341 g/mol. The van der Waals surface area contributed by atoms with Crippen LogP contribution in [0.2, 0.25) is 0 Å². The summed E-state index contributed by atoms with van der Waals surface area (Å²) in [5.41, 5.74) is 1.22. The van der Waals surface area contributed by atoms with Gasteiger partial charge in [-0.3, -0.25) is 9.59 Å². The third kappa shape index (κ3) is 5.95. The number of rotatable bonds is 8. The normalized spacial score (nSPS) is 11.8. The Morgan fingerprint density at radius 3 is 2.24 bits per heavy atom. The molecule has 0 aromatic heterocycles. The van der Waals surface area contributed by atoms with Crippen LogP contribution in [-0.2, 0) is 4.79 Å². The fourth-order valence-corrected chi connectivity index (χ4v) is 2.32. The van der Waals surface area contributed by atoms with Crippen LogP contribution in [0.15, 0.2) is 54.6 Å². The first-order valence-corrected chi connectivity index (χ1v) is 8.26. The number of carbonyl (C=O) groups excluding carboxylic acids is 1. The quantitative estimate of drug-likeness (QED) is 0.768. The first-order valence-electron chi connectivity index (χ1n) is 8.26. The first kappa shape index (κ1) is 18.5. The fraction of sp³-hybridized carbons (Fsp3) is 0.300. The van der Waals surface area contributed by atoms with Crippen LogP contribution in [0.4, 0.5) is 0 Å². The Balaban J connectivity index is 2.06. The van der Waals surface area contributed by atoms with Crippen molar-refractivity contribution in [1.82, 2.24) is 5.32 Å². The van der Waals surface area contributed by atoms with Gasteiger partial charge < -0.3 is 15.2 Å². The van der Waals surface area contributed by atoms with E-state index in [4.69, 9.17) is 9.84 Å². The molecular formula is C20H23NO4. The minimum Gasteiger partial charge on any atom is -0.493 e. The molecule has 0 radical (unpaired) electrons. The highest BCUT2D eigenvalue weighted by molar-refractivity contribution is 5.94. The summed E-state index contributed by atoms with van der Waals surface area (Å²) in [6.07, 6.45) is -0.175. The zero-order valence-corrected chi connectivity index (χ0v) is 14.4. The molecule has 0 heterocycles. The number of aliphatic carboxylic acids is 1.